The average molecular weight is 295 g/mol. The molecule has 0 saturated carbocycles. The van der Waals surface area contributed by atoms with Crippen molar-refractivity contribution in [2.45, 2.75) is 19.3 Å². The highest BCUT2D eigenvalue weighted by Crippen LogP contribution is 2.24. The van der Waals surface area contributed by atoms with Crippen molar-refractivity contribution in [2.24, 2.45) is 0 Å². The smallest absolute Gasteiger partial charge is 0.270 e. The number of hydrogen-bond donors (Lipinski definition) is 1. The summed E-state index contributed by atoms with van der Waals surface area (Å²) in [6.45, 7) is 2.79. The van der Waals surface area contributed by atoms with Gasteiger partial charge in [0.25, 0.3) is 5.69 Å². The standard InChI is InChI=1S/C17H17N3O2/c1-2-13(14-6-4-3-5-7-14)12-19-17-9-8-16(20(21)22)10-15(17)11-18/h3-10,13,19H,2,12H2,1H3/t13-/m0/s1. The van der Waals surface area contributed by atoms with Crippen LogP contribution < -0.4 is 5.32 Å². The zero-order chi connectivity index (χ0) is 15.9. The molecule has 0 fully saturated rings. The molecule has 0 spiro atoms. The van der Waals surface area contributed by atoms with Crippen molar-refractivity contribution in [3.05, 3.63) is 69.8 Å². The zero-order valence-corrected chi connectivity index (χ0v) is 12.3. The largest absolute Gasteiger partial charge is 0.383 e. The zero-order valence-electron chi connectivity index (χ0n) is 12.3. The van der Waals surface area contributed by atoms with Gasteiger partial charge in [0.2, 0.25) is 0 Å². The molecule has 0 aromatic heterocycles. The van der Waals surface area contributed by atoms with Gasteiger partial charge < -0.3 is 5.32 Å². The number of hydrogen-bond acceptors (Lipinski definition) is 4. The molecule has 0 amide bonds. The third-order valence-corrected chi connectivity index (χ3v) is 3.64. The Hall–Kier alpha value is -2.87. The lowest BCUT2D eigenvalue weighted by Gasteiger charge is -2.17. The third-order valence-electron chi connectivity index (χ3n) is 3.64. The Balaban J connectivity index is 2.14. The van der Waals surface area contributed by atoms with E-state index in [4.69, 9.17) is 5.26 Å². The summed E-state index contributed by atoms with van der Waals surface area (Å²) in [7, 11) is 0. The van der Waals surface area contributed by atoms with E-state index < -0.39 is 4.92 Å². The molecule has 0 bridgehead atoms. The van der Waals surface area contributed by atoms with Crippen molar-refractivity contribution >= 4 is 11.4 Å². The van der Waals surface area contributed by atoms with E-state index in [0.29, 0.717) is 18.2 Å². The lowest BCUT2D eigenvalue weighted by atomic mass is 9.96. The van der Waals surface area contributed by atoms with Gasteiger partial charge in [-0.15, -0.1) is 0 Å². The number of rotatable bonds is 6. The minimum Gasteiger partial charge on any atom is -0.383 e. The van der Waals surface area contributed by atoms with Gasteiger partial charge in [-0.2, -0.15) is 5.26 Å². The number of anilines is 1. The van der Waals surface area contributed by atoms with E-state index in [9.17, 15) is 10.1 Å². The number of nitrogens with one attached hydrogen (secondary N) is 1. The molecule has 0 aliphatic heterocycles. The number of benzene rings is 2. The van der Waals surface area contributed by atoms with E-state index in [-0.39, 0.29) is 11.3 Å². The summed E-state index contributed by atoms with van der Waals surface area (Å²) >= 11 is 0. The molecule has 0 aliphatic carbocycles. The molecule has 0 radical (unpaired) electrons. The van der Waals surface area contributed by atoms with E-state index in [1.54, 1.807) is 6.07 Å². The van der Waals surface area contributed by atoms with E-state index >= 15 is 0 Å². The van der Waals surface area contributed by atoms with E-state index in [2.05, 4.69) is 24.4 Å². The van der Waals surface area contributed by atoms with Gasteiger partial charge in [-0.1, -0.05) is 37.3 Å². The Morgan fingerprint density at radius 2 is 2.00 bits per heavy atom. The van der Waals surface area contributed by atoms with Crippen LogP contribution in [-0.4, -0.2) is 11.5 Å². The minimum atomic E-state index is -0.497. The average Bonchev–Trinajstić information content (AvgIpc) is 2.56. The predicted octanol–water partition coefficient (Wildman–Crippen LogP) is 4.07. The van der Waals surface area contributed by atoms with Crippen LogP contribution in [0.4, 0.5) is 11.4 Å². The molecule has 0 unspecified atom stereocenters. The van der Waals surface area contributed by atoms with E-state index in [1.165, 1.54) is 17.7 Å². The first-order valence-electron chi connectivity index (χ1n) is 7.13. The van der Waals surface area contributed by atoms with Gasteiger partial charge >= 0.3 is 0 Å². The fourth-order valence-electron chi connectivity index (χ4n) is 2.35. The van der Waals surface area contributed by atoms with Gasteiger partial charge in [-0.05, 0) is 18.1 Å². The van der Waals surface area contributed by atoms with Crippen LogP contribution in [0.3, 0.4) is 0 Å². The van der Waals surface area contributed by atoms with Crippen molar-refractivity contribution in [1.82, 2.24) is 0 Å². The fraction of sp³-hybridized carbons (Fsp3) is 0.235. The highest BCUT2D eigenvalue weighted by Gasteiger charge is 2.13. The molecular formula is C17H17N3O2. The highest BCUT2D eigenvalue weighted by atomic mass is 16.6. The summed E-state index contributed by atoms with van der Waals surface area (Å²) < 4.78 is 0. The predicted molar refractivity (Wildman–Crippen MR) is 85.8 cm³/mol. The first-order chi connectivity index (χ1) is 10.7. The molecule has 1 atom stereocenters. The Labute approximate surface area is 129 Å². The van der Waals surface area contributed by atoms with Crippen LogP contribution in [0.15, 0.2) is 48.5 Å². The third kappa shape index (κ3) is 3.61. The second kappa shape index (κ2) is 7.23. The van der Waals surface area contributed by atoms with Gasteiger partial charge in [0, 0.05) is 24.6 Å². The monoisotopic (exact) mass is 295 g/mol. The lowest BCUT2D eigenvalue weighted by Crippen LogP contribution is -2.12. The molecule has 22 heavy (non-hydrogen) atoms. The Kier molecular flexibility index (Phi) is 5.10. The van der Waals surface area contributed by atoms with Crippen LogP contribution in [0.5, 0.6) is 0 Å². The van der Waals surface area contributed by atoms with Crippen molar-refractivity contribution in [1.29, 1.82) is 5.26 Å². The molecule has 2 aromatic carbocycles. The van der Waals surface area contributed by atoms with Gasteiger partial charge in [0.05, 0.1) is 16.2 Å². The molecule has 1 N–H and O–H groups in total. The Bertz CT molecular complexity index is 693. The molecule has 0 aliphatic rings. The Morgan fingerprint density at radius 1 is 1.27 bits per heavy atom. The summed E-state index contributed by atoms with van der Waals surface area (Å²) in [5, 5.41) is 23.1. The maximum absolute atomic E-state index is 10.8. The first-order valence-corrected chi connectivity index (χ1v) is 7.13. The molecule has 5 heteroatoms. The number of nitro groups is 1. The molecule has 0 heterocycles. The van der Waals surface area contributed by atoms with Crippen LogP contribution in [0.25, 0.3) is 0 Å². The molecule has 112 valence electrons. The van der Waals surface area contributed by atoms with Gasteiger partial charge in [-0.3, -0.25) is 10.1 Å². The van der Waals surface area contributed by atoms with Crippen LogP contribution in [-0.2, 0) is 0 Å². The lowest BCUT2D eigenvalue weighted by molar-refractivity contribution is -0.384. The number of nitrogens with zero attached hydrogens (tertiary/aromatic N) is 2. The van der Waals surface area contributed by atoms with Gasteiger partial charge in [0.15, 0.2) is 0 Å². The second-order valence-electron chi connectivity index (χ2n) is 5.00. The summed E-state index contributed by atoms with van der Waals surface area (Å²) in [4.78, 5) is 10.3. The number of nitro benzene ring substituents is 1. The van der Waals surface area contributed by atoms with Crippen LogP contribution in [0.2, 0.25) is 0 Å². The van der Waals surface area contributed by atoms with E-state index in [0.717, 1.165) is 6.42 Å². The van der Waals surface area contributed by atoms with Gasteiger partial charge in [-0.25, -0.2) is 0 Å². The summed E-state index contributed by atoms with van der Waals surface area (Å²) in [5.74, 6) is 0.322. The summed E-state index contributed by atoms with van der Waals surface area (Å²) in [6, 6.07) is 16.5. The van der Waals surface area contributed by atoms with Crippen molar-refractivity contribution in [2.75, 3.05) is 11.9 Å². The first kappa shape index (κ1) is 15.5. The SMILES string of the molecule is CC[C@@H](CNc1ccc([N+](=O)[O-])cc1C#N)c1ccccc1. The maximum atomic E-state index is 10.8. The van der Waals surface area contributed by atoms with Crippen molar-refractivity contribution in [3.63, 3.8) is 0 Å². The van der Waals surface area contributed by atoms with E-state index in [1.807, 2.05) is 24.3 Å². The quantitative estimate of drug-likeness (QED) is 0.643. The molecule has 5 nitrogen and oxygen atoms in total. The molecular weight excluding hydrogens is 278 g/mol. The van der Waals surface area contributed by atoms with Crippen molar-refractivity contribution < 1.29 is 4.92 Å². The van der Waals surface area contributed by atoms with Crippen LogP contribution >= 0.6 is 0 Å². The molecule has 2 aromatic rings. The summed E-state index contributed by atoms with van der Waals surface area (Å²) in [5.41, 5.74) is 2.08. The fourth-order valence-corrected chi connectivity index (χ4v) is 2.35. The minimum absolute atomic E-state index is 0.0720. The van der Waals surface area contributed by atoms with Crippen molar-refractivity contribution in [3.8, 4) is 6.07 Å². The molecule has 0 saturated heterocycles. The molecule has 2 rings (SSSR count). The van der Waals surface area contributed by atoms with Gasteiger partial charge in [0.1, 0.15) is 6.07 Å². The topological polar surface area (TPSA) is 79.0 Å². The van der Waals surface area contributed by atoms with Crippen LogP contribution in [0.1, 0.15) is 30.4 Å². The summed E-state index contributed by atoms with van der Waals surface area (Å²) in [6.07, 6.45) is 0.964. The Morgan fingerprint density at radius 3 is 2.59 bits per heavy atom. The second-order valence-corrected chi connectivity index (χ2v) is 5.00. The number of nitriles is 1. The van der Waals surface area contributed by atoms with Crippen LogP contribution in [0, 0.1) is 21.4 Å². The highest BCUT2D eigenvalue weighted by molar-refractivity contribution is 5.61. The normalized spacial score (nSPS) is 11.5. The maximum Gasteiger partial charge on any atom is 0.270 e. The number of non-ortho nitro benzene ring substituents is 1.